The molecule has 0 amide bonds. The summed E-state index contributed by atoms with van der Waals surface area (Å²) in [7, 11) is 0. The van der Waals surface area contributed by atoms with E-state index >= 15 is 0 Å². The van der Waals surface area contributed by atoms with Gasteiger partial charge in [-0.3, -0.25) is 4.79 Å². The SMILES string of the molecule is CCCCCCCCCCCCCCCCCC(=O)O[C@H]1CC[C@]2(C)C3CC[C@@]4(C)C(CC[C@@H]4C(C)/C=C/[C@H](C)C(C)C)C34C=CC2(C1)OO4. The molecule has 4 nitrogen and oxygen atoms in total. The lowest BCUT2D eigenvalue weighted by atomic mass is 9.42. The molecule has 50 heavy (non-hydrogen) atoms. The molecule has 6 aliphatic rings. The van der Waals surface area contributed by atoms with Crippen molar-refractivity contribution in [2.45, 2.75) is 213 Å². The molecule has 2 spiro atoms. The van der Waals surface area contributed by atoms with Crippen molar-refractivity contribution in [3.63, 3.8) is 0 Å². The van der Waals surface area contributed by atoms with Gasteiger partial charge in [-0.25, -0.2) is 9.78 Å². The summed E-state index contributed by atoms with van der Waals surface area (Å²) < 4.78 is 6.15. The summed E-state index contributed by atoms with van der Waals surface area (Å²) >= 11 is 0. The smallest absolute Gasteiger partial charge is 0.306 e. The van der Waals surface area contributed by atoms with Gasteiger partial charge in [0.05, 0.1) is 0 Å². The van der Waals surface area contributed by atoms with Crippen molar-refractivity contribution in [3.8, 4) is 0 Å². The van der Waals surface area contributed by atoms with E-state index in [1.165, 1.54) is 109 Å². The molecule has 2 bridgehead atoms. The second-order valence-electron chi connectivity index (χ2n) is 18.9. The number of carbonyl (C=O) groups is 1. The highest BCUT2D eigenvalue weighted by molar-refractivity contribution is 5.69. The van der Waals surface area contributed by atoms with E-state index in [0.717, 1.165) is 32.1 Å². The van der Waals surface area contributed by atoms with Crippen LogP contribution in [0.5, 0.6) is 0 Å². The van der Waals surface area contributed by atoms with Crippen molar-refractivity contribution in [2.75, 3.05) is 0 Å². The largest absolute Gasteiger partial charge is 0.462 e. The highest BCUT2D eigenvalue weighted by Crippen LogP contribution is 2.73. The average Bonchev–Trinajstić information content (AvgIpc) is 3.46. The molecular weight excluding hydrogens is 617 g/mol. The van der Waals surface area contributed by atoms with E-state index in [-0.39, 0.29) is 28.5 Å². The Morgan fingerprint density at radius 3 is 1.94 bits per heavy atom. The van der Waals surface area contributed by atoms with Gasteiger partial charge in [0.1, 0.15) is 17.3 Å². The van der Waals surface area contributed by atoms with Crippen LogP contribution >= 0.6 is 0 Å². The first-order valence-electron chi connectivity index (χ1n) is 22.0. The monoisotopic (exact) mass is 695 g/mol. The highest BCUT2D eigenvalue weighted by Gasteiger charge is 2.74. The van der Waals surface area contributed by atoms with E-state index in [0.29, 0.717) is 41.9 Å². The molecule has 1 saturated heterocycles. The normalized spacial score (nSPS) is 37.1. The first-order valence-corrected chi connectivity index (χ1v) is 22.0. The number of unbranched alkanes of at least 4 members (excludes halogenated alkanes) is 14. The van der Waals surface area contributed by atoms with Gasteiger partial charge in [-0.1, -0.05) is 157 Å². The molecule has 0 aromatic heterocycles. The molecule has 2 heterocycles. The predicted octanol–water partition coefficient (Wildman–Crippen LogP) is 13.3. The quantitative estimate of drug-likeness (QED) is 0.0519. The van der Waals surface area contributed by atoms with Crippen LogP contribution in [-0.4, -0.2) is 23.3 Å². The molecule has 4 aliphatic carbocycles. The van der Waals surface area contributed by atoms with Crippen LogP contribution in [0, 0.1) is 46.3 Å². The molecule has 0 aromatic carbocycles. The van der Waals surface area contributed by atoms with E-state index in [9.17, 15) is 4.79 Å². The molecule has 4 heteroatoms. The molecule has 5 unspecified atom stereocenters. The minimum absolute atomic E-state index is 0.00872. The van der Waals surface area contributed by atoms with Gasteiger partial charge in [-0.05, 0) is 80.1 Å². The average molecular weight is 695 g/mol. The molecule has 0 N–H and O–H groups in total. The lowest BCUT2D eigenvalue weighted by Gasteiger charge is -2.69. The molecule has 3 saturated carbocycles. The standard InChI is InChI=1S/C46H78O4/c1-8-9-10-11-12-13-14-15-16-17-18-19-20-21-22-23-42(47)48-38-28-31-44(7)41-29-30-43(6)39(37(5)25-24-36(4)35(2)3)26-27-40(43)46(41)33-32-45(44,34-38)49-50-46/h24-25,32-33,35-41H,8-23,26-31,34H2,1-7H3/b25-24+/t36-,37?,38-,39+,40?,41?,43+,44+,45?,46?/m0/s1. The minimum Gasteiger partial charge on any atom is -0.462 e. The molecule has 4 fully saturated rings. The maximum absolute atomic E-state index is 13.0. The fourth-order valence-corrected chi connectivity index (χ4v) is 11.7. The number of carbonyl (C=O) groups excluding carboxylic acids is 1. The number of fused-ring (bicyclic) bond motifs is 2. The Labute approximate surface area is 308 Å². The van der Waals surface area contributed by atoms with E-state index in [4.69, 9.17) is 14.5 Å². The number of hydrogen-bond acceptors (Lipinski definition) is 4. The van der Waals surface area contributed by atoms with Crippen molar-refractivity contribution in [2.24, 2.45) is 46.3 Å². The van der Waals surface area contributed by atoms with Crippen LogP contribution in [0.15, 0.2) is 24.3 Å². The summed E-state index contributed by atoms with van der Waals surface area (Å²) in [4.78, 5) is 26.3. The fraction of sp³-hybridized carbons (Fsp3) is 0.891. The third-order valence-corrected chi connectivity index (χ3v) is 15.4. The van der Waals surface area contributed by atoms with Crippen LogP contribution < -0.4 is 0 Å². The maximum Gasteiger partial charge on any atom is 0.306 e. The highest BCUT2D eigenvalue weighted by atomic mass is 17.2. The van der Waals surface area contributed by atoms with Gasteiger partial charge < -0.3 is 4.74 Å². The number of hydrogen-bond donors (Lipinski definition) is 0. The number of allylic oxidation sites excluding steroid dienone is 2. The molecule has 10 atom stereocenters. The fourth-order valence-electron chi connectivity index (χ4n) is 11.7. The van der Waals surface area contributed by atoms with E-state index < -0.39 is 5.60 Å². The molecule has 286 valence electrons. The zero-order valence-corrected chi connectivity index (χ0v) is 33.7. The number of esters is 1. The summed E-state index contributed by atoms with van der Waals surface area (Å²) in [5.74, 6) is 3.46. The van der Waals surface area contributed by atoms with Gasteiger partial charge in [-0.2, -0.15) is 0 Å². The van der Waals surface area contributed by atoms with Crippen molar-refractivity contribution in [3.05, 3.63) is 24.3 Å². The third-order valence-electron chi connectivity index (χ3n) is 15.4. The van der Waals surface area contributed by atoms with Crippen LogP contribution in [0.2, 0.25) is 0 Å². The van der Waals surface area contributed by atoms with Crippen molar-refractivity contribution in [1.29, 1.82) is 0 Å². The van der Waals surface area contributed by atoms with Gasteiger partial charge in [0.2, 0.25) is 0 Å². The molecule has 0 radical (unpaired) electrons. The van der Waals surface area contributed by atoms with Crippen molar-refractivity contribution < 1.29 is 19.3 Å². The summed E-state index contributed by atoms with van der Waals surface area (Å²) in [5.41, 5.74) is -0.562. The molecular formula is C46H78O4. The first kappa shape index (κ1) is 40.1. The van der Waals surface area contributed by atoms with Crippen LogP contribution in [0.25, 0.3) is 0 Å². The Hall–Kier alpha value is -1.13. The summed E-state index contributed by atoms with van der Waals surface area (Å²) in [6.07, 6.45) is 37.9. The van der Waals surface area contributed by atoms with Crippen molar-refractivity contribution in [1.82, 2.24) is 0 Å². The molecule has 0 aromatic rings. The maximum atomic E-state index is 13.0. The van der Waals surface area contributed by atoms with E-state index in [1.54, 1.807) is 0 Å². The number of ether oxygens (including phenoxy) is 1. The van der Waals surface area contributed by atoms with Gasteiger partial charge in [0.25, 0.3) is 0 Å². The van der Waals surface area contributed by atoms with E-state index in [2.05, 4.69) is 72.8 Å². The van der Waals surface area contributed by atoms with Crippen molar-refractivity contribution >= 4 is 5.97 Å². The Balaban J connectivity index is 1.04. The zero-order chi connectivity index (χ0) is 35.8. The second kappa shape index (κ2) is 17.8. The van der Waals surface area contributed by atoms with Crippen LogP contribution in [0.1, 0.15) is 196 Å². The topological polar surface area (TPSA) is 44.8 Å². The van der Waals surface area contributed by atoms with Crippen LogP contribution in [0.3, 0.4) is 0 Å². The summed E-state index contributed by atoms with van der Waals surface area (Å²) in [6.45, 7) is 16.8. The van der Waals surface area contributed by atoms with Crippen LogP contribution in [-0.2, 0) is 19.3 Å². The summed E-state index contributed by atoms with van der Waals surface area (Å²) in [5, 5.41) is 0. The van der Waals surface area contributed by atoms with Gasteiger partial charge in [0, 0.05) is 30.1 Å². The third kappa shape index (κ3) is 8.48. The first-order chi connectivity index (χ1) is 24.0. The number of rotatable bonds is 21. The Bertz CT molecular complexity index is 1130. The van der Waals surface area contributed by atoms with Gasteiger partial charge in [0.15, 0.2) is 0 Å². The Kier molecular flexibility index (Phi) is 14.3. The van der Waals surface area contributed by atoms with Gasteiger partial charge >= 0.3 is 5.97 Å². The molecule has 6 rings (SSSR count). The second-order valence-corrected chi connectivity index (χ2v) is 18.9. The Morgan fingerprint density at radius 2 is 1.36 bits per heavy atom. The summed E-state index contributed by atoms with van der Waals surface area (Å²) in [6, 6.07) is 0. The van der Waals surface area contributed by atoms with E-state index in [1.807, 2.05) is 0 Å². The van der Waals surface area contributed by atoms with Crippen LogP contribution in [0.4, 0.5) is 0 Å². The lowest BCUT2D eigenvalue weighted by molar-refractivity contribution is -0.497. The Morgan fingerprint density at radius 1 is 0.740 bits per heavy atom. The van der Waals surface area contributed by atoms with Gasteiger partial charge in [-0.15, -0.1) is 0 Å². The molecule has 2 aliphatic heterocycles. The predicted molar refractivity (Wildman–Crippen MR) is 208 cm³/mol. The lowest BCUT2D eigenvalue weighted by Crippen LogP contribution is -2.73. The zero-order valence-electron chi connectivity index (χ0n) is 33.7. The minimum atomic E-state index is -0.494.